The van der Waals surface area contributed by atoms with Crippen molar-refractivity contribution in [2.75, 3.05) is 12.4 Å². The number of methoxy groups -OCH3 is 1. The van der Waals surface area contributed by atoms with E-state index >= 15 is 0 Å². The molecule has 0 spiro atoms. The molecule has 106 valence electrons. The number of aryl methyl sites for hydroxylation is 1. The first-order valence-corrected chi connectivity index (χ1v) is 6.74. The Morgan fingerprint density at radius 3 is 2.90 bits per heavy atom. The Morgan fingerprint density at radius 2 is 2.25 bits per heavy atom. The van der Waals surface area contributed by atoms with Gasteiger partial charge < -0.3 is 15.4 Å². The second-order valence-electron chi connectivity index (χ2n) is 4.13. The molecule has 0 saturated carbocycles. The Morgan fingerprint density at radius 1 is 1.45 bits per heavy atom. The van der Waals surface area contributed by atoms with Crippen molar-refractivity contribution < 1.29 is 4.74 Å². The molecule has 0 aliphatic heterocycles. The zero-order chi connectivity index (χ0) is 14.5. The Hall–Kier alpha value is -1.79. The molecule has 20 heavy (non-hydrogen) atoms. The van der Waals surface area contributed by atoms with Gasteiger partial charge in [-0.25, -0.2) is 0 Å². The summed E-state index contributed by atoms with van der Waals surface area (Å²) in [5, 5.41) is 11.5. The molecular weight excluding hydrogens is 296 g/mol. The van der Waals surface area contributed by atoms with E-state index in [1.54, 1.807) is 30.0 Å². The van der Waals surface area contributed by atoms with Gasteiger partial charge in [-0.15, -0.1) is 0 Å². The minimum absolute atomic E-state index is 0.483. The van der Waals surface area contributed by atoms with E-state index < -0.39 is 0 Å². The summed E-state index contributed by atoms with van der Waals surface area (Å²) in [6, 6.07) is 7.23. The van der Waals surface area contributed by atoms with Gasteiger partial charge in [0.15, 0.2) is 5.11 Å². The van der Waals surface area contributed by atoms with Crippen LogP contribution in [-0.2, 0) is 13.6 Å². The van der Waals surface area contributed by atoms with Crippen LogP contribution >= 0.6 is 23.8 Å². The molecule has 2 aromatic rings. The normalized spacial score (nSPS) is 10.2. The maximum atomic E-state index is 5.96. The molecule has 2 N–H and O–H groups in total. The van der Waals surface area contributed by atoms with Crippen molar-refractivity contribution >= 4 is 34.6 Å². The number of anilines is 1. The lowest BCUT2D eigenvalue weighted by atomic mass is 10.3. The third kappa shape index (κ3) is 3.85. The highest BCUT2D eigenvalue weighted by Gasteiger charge is 2.06. The largest absolute Gasteiger partial charge is 0.495 e. The van der Waals surface area contributed by atoms with Crippen molar-refractivity contribution in [3.05, 3.63) is 41.2 Å². The maximum Gasteiger partial charge on any atom is 0.171 e. The smallest absolute Gasteiger partial charge is 0.171 e. The molecule has 0 radical (unpaired) electrons. The van der Waals surface area contributed by atoms with Crippen LogP contribution in [0.5, 0.6) is 5.75 Å². The molecule has 1 aromatic carbocycles. The number of aromatic nitrogens is 2. The second-order valence-corrected chi connectivity index (χ2v) is 4.98. The molecule has 1 aromatic heterocycles. The summed E-state index contributed by atoms with van der Waals surface area (Å²) in [7, 11) is 3.47. The first-order valence-electron chi connectivity index (χ1n) is 5.95. The number of hydrogen-bond donors (Lipinski definition) is 2. The highest BCUT2D eigenvalue weighted by atomic mass is 35.5. The summed E-state index contributed by atoms with van der Waals surface area (Å²) in [5.74, 6) is 0.677. The molecule has 2 rings (SSSR count). The minimum atomic E-state index is 0.483. The van der Waals surface area contributed by atoms with Crippen LogP contribution in [-0.4, -0.2) is 22.0 Å². The third-order valence-electron chi connectivity index (χ3n) is 2.61. The molecular formula is C13H15ClN4OS. The van der Waals surface area contributed by atoms with E-state index in [-0.39, 0.29) is 0 Å². The fraction of sp³-hybridized carbons (Fsp3) is 0.231. The quantitative estimate of drug-likeness (QED) is 0.850. The third-order valence-corrected chi connectivity index (χ3v) is 3.09. The molecule has 0 bridgehead atoms. The van der Waals surface area contributed by atoms with Crippen molar-refractivity contribution in [2.24, 2.45) is 7.05 Å². The SMILES string of the molecule is COc1ccc(Cl)cc1NC(=S)NCc1ccn(C)n1. The van der Waals surface area contributed by atoms with Gasteiger partial charge in [0.25, 0.3) is 0 Å². The van der Waals surface area contributed by atoms with Gasteiger partial charge >= 0.3 is 0 Å². The number of nitrogens with zero attached hydrogens (tertiary/aromatic N) is 2. The standard InChI is InChI=1S/C13H15ClN4OS/c1-18-6-5-10(17-18)8-15-13(20)16-11-7-9(14)3-4-12(11)19-2/h3-7H,8H2,1-2H3,(H2,15,16,20). The monoisotopic (exact) mass is 310 g/mol. The fourth-order valence-corrected chi connectivity index (χ4v) is 2.03. The van der Waals surface area contributed by atoms with Crippen LogP contribution in [0, 0.1) is 0 Å². The van der Waals surface area contributed by atoms with Crippen molar-refractivity contribution in [2.45, 2.75) is 6.54 Å². The Labute approximate surface area is 127 Å². The van der Waals surface area contributed by atoms with Gasteiger partial charge in [-0.2, -0.15) is 5.10 Å². The molecule has 1 heterocycles. The zero-order valence-electron chi connectivity index (χ0n) is 11.2. The van der Waals surface area contributed by atoms with Crippen LogP contribution in [0.4, 0.5) is 5.69 Å². The minimum Gasteiger partial charge on any atom is -0.495 e. The fourth-order valence-electron chi connectivity index (χ4n) is 1.67. The average Bonchev–Trinajstić information content (AvgIpc) is 2.83. The number of halogens is 1. The van der Waals surface area contributed by atoms with Crippen LogP contribution in [0.25, 0.3) is 0 Å². The van der Waals surface area contributed by atoms with Crippen molar-refractivity contribution in [3.63, 3.8) is 0 Å². The molecule has 0 aliphatic rings. The van der Waals surface area contributed by atoms with Gasteiger partial charge in [-0.05, 0) is 36.5 Å². The summed E-state index contributed by atoms with van der Waals surface area (Å²) >= 11 is 11.2. The van der Waals surface area contributed by atoms with Gasteiger partial charge in [-0.3, -0.25) is 4.68 Å². The Kier molecular flexibility index (Phi) is 4.81. The molecule has 0 aliphatic carbocycles. The van der Waals surface area contributed by atoms with Crippen LogP contribution in [0.2, 0.25) is 5.02 Å². The molecule has 5 nitrogen and oxygen atoms in total. The molecule has 0 amide bonds. The molecule has 0 saturated heterocycles. The summed E-state index contributed by atoms with van der Waals surface area (Å²) in [5.41, 5.74) is 1.63. The van der Waals surface area contributed by atoms with E-state index in [1.165, 1.54) is 0 Å². The maximum absolute atomic E-state index is 5.96. The number of benzene rings is 1. The van der Waals surface area contributed by atoms with Crippen LogP contribution in [0.3, 0.4) is 0 Å². The van der Waals surface area contributed by atoms with E-state index in [2.05, 4.69) is 15.7 Å². The van der Waals surface area contributed by atoms with Gasteiger partial charge in [0, 0.05) is 18.3 Å². The average molecular weight is 311 g/mol. The second kappa shape index (κ2) is 6.58. The van der Waals surface area contributed by atoms with Crippen LogP contribution < -0.4 is 15.4 Å². The highest BCUT2D eigenvalue weighted by molar-refractivity contribution is 7.80. The number of thiocarbonyl (C=S) groups is 1. The lowest BCUT2D eigenvalue weighted by Crippen LogP contribution is -2.28. The summed E-state index contributed by atoms with van der Waals surface area (Å²) < 4.78 is 6.99. The number of ether oxygens (including phenoxy) is 1. The molecule has 0 unspecified atom stereocenters. The predicted molar refractivity (Wildman–Crippen MR) is 84.3 cm³/mol. The molecule has 0 fully saturated rings. The highest BCUT2D eigenvalue weighted by Crippen LogP contribution is 2.27. The molecule has 0 atom stereocenters. The van der Waals surface area contributed by atoms with Crippen molar-refractivity contribution in [1.29, 1.82) is 0 Å². The van der Waals surface area contributed by atoms with Crippen molar-refractivity contribution in [3.8, 4) is 5.75 Å². The van der Waals surface area contributed by atoms with Gasteiger partial charge in [0.05, 0.1) is 25.0 Å². The summed E-state index contributed by atoms with van der Waals surface area (Å²) in [6.45, 7) is 0.551. The van der Waals surface area contributed by atoms with E-state index in [4.69, 9.17) is 28.6 Å². The Bertz CT molecular complexity index is 614. The van der Waals surface area contributed by atoms with Gasteiger partial charge in [0.1, 0.15) is 5.75 Å². The lowest BCUT2D eigenvalue weighted by molar-refractivity contribution is 0.417. The predicted octanol–water partition coefficient (Wildman–Crippen LogP) is 2.57. The zero-order valence-corrected chi connectivity index (χ0v) is 12.8. The van der Waals surface area contributed by atoms with E-state index in [9.17, 15) is 0 Å². The van der Waals surface area contributed by atoms with E-state index in [0.29, 0.717) is 22.4 Å². The first kappa shape index (κ1) is 14.6. The number of nitrogens with one attached hydrogen (secondary N) is 2. The van der Waals surface area contributed by atoms with Gasteiger partial charge in [0.2, 0.25) is 0 Å². The van der Waals surface area contributed by atoms with Crippen molar-refractivity contribution in [1.82, 2.24) is 15.1 Å². The topological polar surface area (TPSA) is 51.1 Å². The molecule has 7 heteroatoms. The number of rotatable bonds is 4. The Balaban J connectivity index is 1.96. The van der Waals surface area contributed by atoms with Crippen LogP contribution in [0.1, 0.15) is 5.69 Å². The lowest BCUT2D eigenvalue weighted by Gasteiger charge is -2.13. The first-order chi connectivity index (χ1) is 9.58. The summed E-state index contributed by atoms with van der Waals surface area (Å²) in [4.78, 5) is 0. The van der Waals surface area contributed by atoms with E-state index in [0.717, 1.165) is 11.4 Å². The van der Waals surface area contributed by atoms with Crippen LogP contribution in [0.15, 0.2) is 30.5 Å². The summed E-state index contributed by atoms with van der Waals surface area (Å²) in [6.07, 6.45) is 1.88. The van der Waals surface area contributed by atoms with E-state index in [1.807, 2.05) is 19.3 Å². The number of hydrogen-bond acceptors (Lipinski definition) is 3. The van der Waals surface area contributed by atoms with Gasteiger partial charge in [-0.1, -0.05) is 11.6 Å².